The quantitative estimate of drug-likeness (QED) is 0.879. The number of nitrogens with zero attached hydrogens (tertiary/aromatic N) is 4. The van der Waals surface area contributed by atoms with Crippen molar-refractivity contribution in [2.24, 2.45) is 24.8 Å². The van der Waals surface area contributed by atoms with Crippen LogP contribution in [0.3, 0.4) is 0 Å². The second-order valence-corrected chi connectivity index (χ2v) is 8.92. The highest BCUT2D eigenvalue weighted by molar-refractivity contribution is 5.80. The third kappa shape index (κ3) is 2.87. The maximum Gasteiger partial charge on any atom is 0.227 e. The fourth-order valence-corrected chi connectivity index (χ4v) is 6.09. The molecule has 0 aromatic carbocycles. The van der Waals surface area contributed by atoms with Gasteiger partial charge in [0.1, 0.15) is 0 Å². The van der Waals surface area contributed by atoms with E-state index in [0.29, 0.717) is 5.91 Å². The van der Waals surface area contributed by atoms with Crippen LogP contribution < -0.4 is 5.32 Å². The number of hydrogen-bond donors (Lipinski definition) is 1. The summed E-state index contributed by atoms with van der Waals surface area (Å²) in [5.74, 6) is 2.61. The minimum Gasteiger partial charge on any atom is -0.340 e. The number of nitrogens with one attached hydrogen (secondary N) is 1. The number of aryl methyl sites for hydroxylation is 1. The maximum atomic E-state index is 13.2. The van der Waals surface area contributed by atoms with Crippen molar-refractivity contribution in [1.82, 2.24) is 24.9 Å². The Kier molecular flexibility index (Phi) is 4.28. The first kappa shape index (κ1) is 16.8. The maximum absolute atomic E-state index is 13.2. The first-order valence-corrected chi connectivity index (χ1v) is 10.4. The Morgan fingerprint density at radius 1 is 1.15 bits per heavy atom. The third-order valence-corrected chi connectivity index (χ3v) is 7.48. The average Bonchev–Trinajstić information content (AvgIpc) is 3.44. The molecule has 0 radical (unpaired) electrons. The largest absolute Gasteiger partial charge is 0.340 e. The molecular formula is C20H31N5O. The first-order chi connectivity index (χ1) is 12.7. The highest BCUT2D eigenvalue weighted by Crippen LogP contribution is 2.46. The van der Waals surface area contributed by atoms with Crippen LogP contribution in [0.1, 0.15) is 37.2 Å². The van der Waals surface area contributed by atoms with Gasteiger partial charge in [0.15, 0.2) is 0 Å². The lowest BCUT2D eigenvalue weighted by Gasteiger charge is -2.41. The Balaban J connectivity index is 1.20. The second kappa shape index (κ2) is 6.64. The molecule has 2 aliphatic heterocycles. The van der Waals surface area contributed by atoms with Crippen molar-refractivity contribution >= 4 is 5.91 Å². The van der Waals surface area contributed by atoms with Crippen LogP contribution in [-0.2, 0) is 11.8 Å². The number of carbonyl (C=O) groups excluding carboxylic acids is 1. The zero-order chi connectivity index (χ0) is 17.7. The molecule has 6 nitrogen and oxygen atoms in total. The van der Waals surface area contributed by atoms with E-state index in [1.165, 1.54) is 31.2 Å². The van der Waals surface area contributed by atoms with Crippen molar-refractivity contribution < 1.29 is 4.79 Å². The molecule has 5 atom stereocenters. The molecule has 1 aromatic rings. The highest BCUT2D eigenvalue weighted by atomic mass is 16.2. The lowest BCUT2D eigenvalue weighted by atomic mass is 9.89. The molecule has 6 heteroatoms. The molecular weight excluding hydrogens is 326 g/mol. The number of carbonyl (C=O) groups is 1. The molecule has 2 saturated carbocycles. The Labute approximate surface area is 155 Å². The van der Waals surface area contributed by atoms with Crippen molar-refractivity contribution in [3.63, 3.8) is 0 Å². The number of amides is 1. The standard InChI is InChI=1S/C20H31N5O/c1-23-13-16(10-22-23)17-11-21-12-18(17)20(26)25-6-4-24(5-7-25)19-9-14-2-3-15(19)8-14/h10,13-15,17-19,21H,2-9,11-12H2,1H3/t14?,15?,17-,18+,19?/m1/s1. The molecule has 1 aromatic heterocycles. The predicted octanol–water partition coefficient (Wildman–Crippen LogP) is 1.06. The Morgan fingerprint density at radius 3 is 2.65 bits per heavy atom. The molecule has 4 fully saturated rings. The van der Waals surface area contributed by atoms with Crippen LogP contribution in [-0.4, -0.2) is 70.8 Å². The molecule has 5 rings (SSSR count). The lowest BCUT2D eigenvalue weighted by molar-refractivity contribution is -0.137. The van der Waals surface area contributed by atoms with Gasteiger partial charge in [-0.25, -0.2) is 0 Å². The van der Waals surface area contributed by atoms with Gasteiger partial charge in [0.2, 0.25) is 5.91 Å². The van der Waals surface area contributed by atoms with Crippen LogP contribution >= 0.6 is 0 Å². The van der Waals surface area contributed by atoms with Gasteiger partial charge in [0.25, 0.3) is 0 Å². The van der Waals surface area contributed by atoms with Gasteiger partial charge in [-0.15, -0.1) is 0 Å². The van der Waals surface area contributed by atoms with Crippen LogP contribution in [0.5, 0.6) is 0 Å². The predicted molar refractivity (Wildman–Crippen MR) is 99.7 cm³/mol. The van der Waals surface area contributed by atoms with Gasteiger partial charge < -0.3 is 10.2 Å². The van der Waals surface area contributed by atoms with Gasteiger partial charge in [-0.3, -0.25) is 14.4 Å². The molecule has 26 heavy (non-hydrogen) atoms. The van der Waals surface area contributed by atoms with Crippen LogP contribution in [0.4, 0.5) is 0 Å². The number of rotatable bonds is 3. The SMILES string of the molecule is Cn1cc([C@H]2CNC[C@@H]2C(=O)N2CCN(C3CC4CCC3C4)CC2)cn1. The Hall–Kier alpha value is -1.40. The van der Waals surface area contributed by atoms with E-state index in [4.69, 9.17) is 0 Å². The zero-order valence-corrected chi connectivity index (χ0v) is 15.8. The van der Waals surface area contributed by atoms with Gasteiger partial charge in [-0.05, 0) is 36.7 Å². The molecule has 4 aliphatic rings. The number of aromatic nitrogens is 2. The summed E-state index contributed by atoms with van der Waals surface area (Å²) in [6.07, 6.45) is 9.76. The monoisotopic (exact) mass is 357 g/mol. The van der Waals surface area contributed by atoms with Gasteiger partial charge >= 0.3 is 0 Å². The summed E-state index contributed by atoms with van der Waals surface area (Å²) in [6.45, 7) is 5.62. The van der Waals surface area contributed by atoms with E-state index in [-0.39, 0.29) is 11.8 Å². The molecule has 142 valence electrons. The molecule has 2 aliphatic carbocycles. The van der Waals surface area contributed by atoms with E-state index >= 15 is 0 Å². The molecule has 3 heterocycles. The molecule has 3 unspecified atom stereocenters. The summed E-state index contributed by atoms with van der Waals surface area (Å²) in [6, 6.07) is 0.808. The van der Waals surface area contributed by atoms with Crippen molar-refractivity contribution in [2.45, 2.75) is 37.6 Å². The van der Waals surface area contributed by atoms with Crippen molar-refractivity contribution in [3.8, 4) is 0 Å². The number of hydrogen-bond acceptors (Lipinski definition) is 4. The summed E-state index contributed by atoms with van der Waals surface area (Å²) < 4.78 is 1.84. The number of piperazine rings is 1. The minimum absolute atomic E-state index is 0.0632. The van der Waals surface area contributed by atoms with Crippen molar-refractivity contribution in [2.75, 3.05) is 39.3 Å². The van der Waals surface area contributed by atoms with E-state index in [0.717, 1.165) is 57.1 Å². The van der Waals surface area contributed by atoms with Gasteiger partial charge in [-0.1, -0.05) is 6.42 Å². The van der Waals surface area contributed by atoms with Crippen molar-refractivity contribution in [1.29, 1.82) is 0 Å². The summed E-state index contributed by atoms with van der Waals surface area (Å²) >= 11 is 0. The molecule has 2 bridgehead atoms. The number of fused-ring (bicyclic) bond motifs is 2. The average molecular weight is 358 g/mol. The van der Waals surface area contributed by atoms with E-state index < -0.39 is 0 Å². The Morgan fingerprint density at radius 2 is 2.00 bits per heavy atom. The smallest absolute Gasteiger partial charge is 0.227 e. The molecule has 2 saturated heterocycles. The molecule has 1 amide bonds. The van der Waals surface area contributed by atoms with E-state index in [1.54, 1.807) is 0 Å². The molecule has 0 spiro atoms. The van der Waals surface area contributed by atoms with Crippen LogP contribution in [0.25, 0.3) is 0 Å². The van der Waals surface area contributed by atoms with Gasteiger partial charge in [-0.2, -0.15) is 5.10 Å². The first-order valence-electron chi connectivity index (χ1n) is 10.4. The van der Waals surface area contributed by atoms with Crippen LogP contribution in [0.2, 0.25) is 0 Å². The van der Waals surface area contributed by atoms with Crippen LogP contribution in [0.15, 0.2) is 12.4 Å². The van der Waals surface area contributed by atoms with E-state index in [9.17, 15) is 4.79 Å². The minimum atomic E-state index is 0.0632. The fourth-order valence-electron chi connectivity index (χ4n) is 6.09. The van der Waals surface area contributed by atoms with E-state index in [2.05, 4.69) is 26.4 Å². The summed E-state index contributed by atoms with van der Waals surface area (Å²) in [7, 11) is 1.94. The summed E-state index contributed by atoms with van der Waals surface area (Å²) in [5.41, 5.74) is 1.19. The summed E-state index contributed by atoms with van der Waals surface area (Å²) in [5, 5.41) is 7.72. The van der Waals surface area contributed by atoms with Crippen molar-refractivity contribution in [3.05, 3.63) is 18.0 Å². The Bertz CT molecular complexity index is 665. The summed E-state index contributed by atoms with van der Waals surface area (Å²) in [4.78, 5) is 18.0. The van der Waals surface area contributed by atoms with E-state index in [1.807, 2.05) is 17.9 Å². The third-order valence-electron chi connectivity index (χ3n) is 7.48. The van der Waals surface area contributed by atoms with Crippen LogP contribution in [0, 0.1) is 17.8 Å². The van der Waals surface area contributed by atoms with Gasteiger partial charge in [0, 0.05) is 64.5 Å². The second-order valence-electron chi connectivity index (χ2n) is 8.92. The fraction of sp³-hybridized carbons (Fsp3) is 0.800. The zero-order valence-electron chi connectivity index (χ0n) is 15.8. The van der Waals surface area contributed by atoms with Gasteiger partial charge in [0.05, 0.1) is 12.1 Å². The topological polar surface area (TPSA) is 53.4 Å². The highest BCUT2D eigenvalue weighted by Gasteiger charge is 2.44. The lowest BCUT2D eigenvalue weighted by Crippen LogP contribution is -2.54. The molecule has 1 N–H and O–H groups in total. The normalized spacial score (nSPS) is 37.6.